The summed E-state index contributed by atoms with van der Waals surface area (Å²) in [5.41, 5.74) is 0.310. The summed E-state index contributed by atoms with van der Waals surface area (Å²) in [6.45, 7) is 5.97. The van der Waals surface area contributed by atoms with Gasteiger partial charge in [0.1, 0.15) is 11.6 Å². The monoisotopic (exact) mass is 482 g/mol. The number of hydrogen-bond donors (Lipinski definition) is 3. The van der Waals surface area contributed by atoms with Crippen LogP contribution in [0, 0.1) is 11.8 Å². The number of carbonyl (C=O) groups excluding carboxylic acids is 2. The normalized spacial score (nSPS) is 20.1. The highest BCUT2D eigenvalue weighted by molar-refractivity contribution is 9.10. The fraction of sp³-hybridized carbons (Fsp3) is 0.591. The lowest BCUT2D eigenvalue weighted by Gasteiger charge is -2.29. The molecular weight excluding hydrogens is 452 g/mol. The average molecular weight is 483 g/mol. The van der Waals surface area contributed by atoms with Crippen molar-refractivity contribution in [2.75, 3.05) is 6.54 Å². The zero-order chi connectivity index (χ0) is 22.3. The van der Waals surface area contributed by atoms with Crippen LogP contribution >= 0.6 is 15.9 Å². The fourth-order valence-electron chi connectivity index (χ4n) is 3.56. The van der Waals surface area contributed by atoms with Crippen LogP contribution in [-0.2, 0) is 20.7 Å². The molecule has 166 valence electrons. The predicted molar refractivity (Wildman–Crippen MR) is 117 cm³/mol. The van der Waals surface area contributed by atoms with Gasteiger partial charge in [-0.25, -0.2) is 9.59 Å². The van der Waals surface area contributed by atoms with Gasteiger partial charge in [0.25, 0.3) is 0 Å². The van der Waals surface area contributed by atoms with Gasteiger partial charge in [0.05, 0.1) is 0 Å². The maximum atomic E-state index is 12.6. The molecule has 3 N–H and O–H groups in total. The largest absolute Gasteiger partial charge is 0.480 e. The SMILES string of the molecule is CC(C)(C)OC(=O)NCC1CCC(C(=O)N[C@@H](Cc2cccc(Br)c2)C(=O)O)CC1. The van der Waals surface area contributed by atoms with E-state index in [1.54, 1.807) is 0 Å². The molecule has 8 heteroatoms. The number of benzene rings is 1. The molecule has 0 unspecified atom stereocenters. The van der Waals surface area contributed by atoms with Crippen LogP contribution in [0.15, 0.2) is 28.7 Å². The van der Waals surface area contributed by atoms with Gasteiger partial charge in [0.15, 0.2) is 0 Å². The molecule has 7 nitrogen and oxygen atoms in total. The van der Waals surface area contributed by atoms with Crippen molar-refractivity contribution in [2.45, 2.75) is 64.5 Å². The highest BCUT2D eigenvalue weighted by Crippen LogP contribution is 2.29. The van der Waals surface area contributed by atoms with Crippen LogP contribution in [0.25, 0.3) is 0 Å². The van der Waals surface area contributed by atoms with E-state index in [2.05, 4.69) is 26.6 Å². The Hall–Kier alpha value is -2.09. The molecule has 0 spiro atoms. The van der Waals surface area contributed by atoms with Crippen LogP contribution < -0.4 is 10.6 Å². The number of halogens is 1. The number of carboxylic acids is 1. The Morgan fingerprint density at radius 1 is 1.20 bits per heavy atom. The number of amides is 2. The lowest BCUT2D eigenvalue weighted by atomic mass is 9.81. The molecule has 0 radical (unpaired) electrons. The Morgan fingerprint density at radius 3 is 2.43 bits per heavy atom. The number of alkyl carbamates (subject to hydrolysis) is 1. The Morgan fingerprint density at radius 2 is 1.87 bits per heavy atom. The summed E-state index contributed by atoms with van der Waals surface area (Å²) in [6, 6.07) is 6.44. The summed E-state index contributed by atoms with van der Waals surface area (Å²) in [4.78, 5) is 36.0. The molecule has 1 aromatic rings. The van der Waals surface area contributed by atoms with Gasteiger partial charge in [0, 0.05) is 23.4 Å². The average Bonchev–Trinajstić information content (AvgIpc) is 2.65. The van der Waals surface area contributed by atoms with E-state index in [4.69, 9.17) is 4.74 Å². The van der Waals surface area contributed by atoms with Gasteiger partial charge in [-0.2, -0.15) is 0 Å². The summed E-state index contributed by atoms with van der Waals surface area (Å²) in [6.07, 6.45) is 2.76. The first-order chi connectivity index (χ1) is 14.0. The third-order valence-electron chi connectivity index (χ3n) is 5.09. The van der Waals surface area contributed by atoms with Crippen LogP contribution in [0.3, 0.4) is 0 Å². The molecule has 30 heavy (non-hydrogen) atoms. The van der Waals surface area contributed by atoms with Crippen molar-refractivity contribution in [3.8, 4) is 0 Å². The highest BCUT2D eigenvalue weighted by Gasteiger charge is 2.30. The van der Waals surface area contributed by atoms with E-state index in [1.807, 2.05) is 45.0 Å². The van der Waals surface area contributed by atoms with E-state index in [-0.39, 0.29) is 18.2 Å². The molecule has 0 aliphatic heterocycles. The quantitative estimate of drug-likeness (QED) is 0.546. The molecule has 2 amide bonds. The van der Waals surface area contributed by atoms with E-state index in [1.165, 1.54) is 0 Å². The summed E-state index contributed by atoms with van der Waals surface area (Å²) in [5.74, 6) is -1.17. The lowest BCUT2D eigenvalue weighted by molar-refractivity contribution is -0.142. The van der Waals surface area contributed by atoms with Gasteiger partial charge >= 0.3 is 12.1 Å². The second kappa shape index (κ2) is 10.8. The van der Waals surface area contributed by atoms with Gasteiger partial charge in [-0.15, -0.1) is 0 Å². The molecule has 1 saturated carbocycles. The highest BCUT2D eigenvalue weighted by atomic mass is 79.9. The smallest absolute Gasteiger partial charge is 0.407 e. The van der Waals surface area contributed by atoms with E-state index in [0.29, 0.717) is 25.3 Å². The number of hydrogen-bond acceptors (Lipinski definition) is 4. The summed E-state index contributed by atoms with van der Waals surface area (Å²) < 4.78 is 6.11. The minimum absolute atomic E-state index is 0.202. The molecule has 1 fully saturated rings. The zero-order valence-electron chi connectivity index (χ0n) is 17.7. The van der Waals surface area contributed by atoms with Crippen LogP contribution in [-0.4, -0.2) is 41.3 Å². The lowest BCUT2D eigenvalue weighted by Crippen LogP contribution is -2.46. The molecule has 1 atom stereocenters. The van der Waals surface area contributed by atoms with Crippen LogP contribution in [0.2, 0.25) is 0 Å². The fourth-order valence-corrected chi connectivity index (χ4v) is 4.01. The van der Waals surface area contributed by atoms with E-state index in [9.17, 15) is 19.5 Å². The van der Waals surface area contributed by atoms with Gasteiger partial charge < -0.3 is 20.5 Å². The van der Waals surface area contributed by atoms with Crippen molar-refractivity contribution in [3.05, 3.63) is 34.3 Å². The first-order valence-electron chi connectivity index (χ1n) is 10.3. The van der Waals surface area contributed by atoms with Gasteiger partial charge in [-0.3, -0.25) is 4.79 Å². The topological polar surface area (TPSA) is 105 Å². The standard InChI is InChI=1S/C22H31BrN2O5/c1-22(2,3)30-21(29)24-13-14-7-9-16(10-8-14)19(26)25-18(20(27)28)12-15-5-4-6-17(23)11-15/h4-6,11,14,16,18H,7-10,12-13H2,1-3H3,(H,24,29)(H,25,26)(H,27,28)/t14?,16?,18-/m0/s1. The van der Waals surface area contributed by atoms with Gasteiger partial charge in [-0.05, 0) is 70.1 Å². The number of carbonyl (C=O) groups is 3. The second-order valence-corrected chi connectivity index (χ2v) is 9.75. The molecule has 0 bridgehead atoms. The molecule has 0 saturated heterocycles. The maximum Gasteiger partial charge on any atom is 0.407 e. The minimum Gasteiger partial charge on any atom is -0.480 e. The van der Waals surface area contributed by atoms with Crippen molar-refractivity contribution in [1.82, 2.24) is 10.6 Å². The van der Waals surface area contributed by atoms with Crippen molar-refractivity contribution in [2.24, 2.45) is 11.8 Å². The maximum absolute atomic E-state index is 12.6. The van der Waals surface area contributed by atoms with Crippen LogP contribution in [0.5, 0.6) is 0 Å². The summed E-state index contributed by atoms with van der Waals surface area (Å²) in [7, 11) is 0. The summed E-state index contributed by atoms with van der Waals surface area (Å²) >= 11 is 3.37. The molecular formula is C22H31BrN2O5. The Labute approximate surface area is 186 Å². The molecule has 0 heterocycles. The first-order valence-corrected chi connectivity index (χ1v) is 11.1. The molecule has 2 rings (SSSR count). The van der Waals surface area contributed by atoms with Crippen molar-refractivity contribution in [3.63, 3.8) is 0 Å². The number of ether oxygens (including phenoxy) is 1. The van der Waals surface area contributed by atoms with E-state index >= 15 is 0 Å². The third kappa shape index (κ3) is 8.34. The van der Waals surface area contributed by atoms with E-state index in [0.717, 1.165) is 22.9 Å². The Bertz CT molecular complexity index is 754. The molecule has 1 aliphatic carbocycles. The second-order valence-electron chi connectivity index (χ2n) is 8.83. The van der Waals surface area contributed by atoms with Crippen molar-refractivity contribution >= 4 is 33.9 Å². The predicted octanol–water partition coefficient (Wildman–Crippen LogP) is 3.89. The summed E-state index contributed by atoms with van der Waals surface area (Å²) in [5, 5.41) is 15.0. The number of carboxylic acid groups (broad SMARTS) is 1. The van der Waals surface area contributed by atoms with Crippen LogP contribution in [0.1, 0.15) is 52.0 Å². The van der Waals surface area contributed by atoms with Crippen molar-refractivity contribution in [1.29, 1.82) is 0 Å². The number of aliphatic carboxylic acids is 1. The van der Waals surface area contributed by atoms with E-state index < -0.39 is 23.7 Å². The number of nitrogens with one attached hydrogen (secondary N) is 2. The molecule has 1 aliphatic rings. The van der Waals surface area contributed by atoms with Crippen molar-refractivity contribution < 1.29 is 24.2 Å². The van der Waals surface area contributed by atoms with Crippen LogP contribution in [0.4, 0.5) is 4.79 Å². The molecule has 1 aromatic carbocycles. The first kappa shape index (κ1) is 24.2. The number of rotatable bonds is 7. The van der Waals surface area contributed by atoms with Gasteiger partial charge in [0.2, 0.25) is 5.91 Å². The third-order valence-corrected chi connectivity index (χ3v) is 5.59. The zero-order valence-corrected chi connectivity index (χ0v) is 19.3. The Kier molecular flexibility index (Phi) is 8.70. The Balaban J connectivity index is 1.79. The minimum atomic E-state index is -1.04. The molecule has 0 aromatic heterocycles. The van der Waals surface area contributed by atoms with Gasteiger partial charge in [-0.1, -0.05) is 28.1 Å².